The molecule has 16 heavy (non-hydrogen) atoms. The van der Waals surface area contributed by atoms with E-state index in [1.807, 2.05) is 30.3 Å². The Labute approximate surface area is 101 Å². The third-order valence-corrected chi connectivity index (χ3v) is 3.49. The van der Waals surface area contributed by atoms with E-state index >= 15 is 0 Å². The maximum atomic E-state index is 11.2. The van der Waals surface area contributed by atoms with Crippen molar-refractivity contribution in [3.05, 3.63) is 35.9 Å². The molecule has 1 aromatic carbocycles. The Balaban J connectivity index is 2.78. The molecule has 88 valence electrons. The number of benzene rings is 1. The highest BCUT2D eigenvalue weighted by atomic mass is 32.1. The van der Waals surface area contributed by atoms with Gasteiger partial charge in [0.1, 0.15) is 5.54 Å². The highest BCUT2D eigenvalue weighted by Gasteiger charge is 2.35. The summed E-state index contributed by atoms with van der Waals surface area (Å²) < 4.78 is 0. The Hall–Kier alpha value is -1.00. The van der Waals surface area contributed by atoms with Gasteiger partial charge in [-0.3, -0.25) is 9.69 Å². The summed E-state index contributed by atoms with van der Waals surface area (Å²) in [7, 11) is 1.80. The Morgan fingerprint density at radius 3 is 2.44 bits per heavy atom. The first-order valence-electron chi connectivity index (χ1n) is 5.10. The standard InChI is InChI=1S/C12H17NO2S/c1-12(9-16,11(14)15)13(2)8-10-6-4-3-5-7-10/h3-7,16H,8-9H2,1-2H3,(H,14,15)/t12-/m0/s1. The van der Waals surface area contributed by atoms with Crippen LogP contribution in [0, 0.1) is 0 Å². The molecule has 0 aliphatic rings. The molecule has 1 rings (SSSR count). The van der Waals surface area contributed by atoms with Crippen molar-refractivity contribution in [3.63, 3.8) is 0 Å². The molecule has 0 aliphatic heterocycles. The van der Waals surface area contributed by atoms with Crippen LogP contribution in [0.15, 0.2) is 30.3 Å². The number of nitrogens with zero attached hydrogens (tertiary/aromatic N) is 1. The van der Waals surface area contributed by atoms with E-state index in [0.717, 1.165) is 5.56 Å². The maximum Gasteiger partial charge on any atom is 0.324 e. The third-order valence-electron chi connectivity index (χ3n) is 2.87. The molecule has 1 N–H and O–H groups in total. The SMILES string of the molecule is CN(Cc1ccccc1)[C@@](C)(CS)C(=O)O. The topological polar surface area (TPSA) is 40.5 Å². The van der Waals surface area contributed by atoms with E-state index in [2.05, 4.69) is 12.6 Å². The van der Waals surface area contributed by atoms with Crippen LogP contribution in [0.4, 0.5) is 0 Å². The summed E-state index contributed by atoms with van der Waals surface area (Å²) in [6.07, 6.45) is 0. The van der Waals surface area contributed by atoms with Crippen LogP contribution in [0.3, 0.4) is 0 Å². The van der Waals surface area contributed by atoms with Gasteiger partial charge in [0.05, 0.1) is 0 Å². The molecular formula is C12H17NO2S. The van der Waals surface area contributed by atoms with Gasteiger partial charge >= 0.3 is 5.97 Å². The smallest absolute Gasteiger partial charge is 0.324 e. The van der Waals surface area contributed by atoms with Crippen LogP contribution in [0.25, 0.3) is 0 Å². The first-order valence-corrected chi connectivity index (χ1v) is 5.73. The van der Waals surface area contributed by atoms with Crippen LogP contribution in [0.5, 0.6) is 0 Å². The monoisotopic (exact) mass is 239 g/mol. The molecule has 1 atom stereocenters. The van der Waals surface area contributed by atoms with Gasteiger partial charge in [-0.1, -0.05) is 30.3 Å². The Morgan fingerprint density at radius 1 is 1.44 bits per heavy atom. The van der Waals surface area contributed by atoms with E-state index in [9.17, 15) is 9.90 Å². The molecule has 4 heteroatoms. The van der Waals surface area contributed by atoms with Gasteiger partial charge in [-0.2, -0.15) is 12.6 Å². The van der Waals surface area contributed by atoms with Gasteiger partial charge in [0.25, 0.3) is 0 Å². The van der Waals surface area contributed by atoms with Gasteiger partial charge in [0.15, 0.2) is 0 Å². The number of likely N-dealkylation sites (N-methyl/N-ethyl adjacent to an activating group) is 1. The van der Waals surface area contributed by atoms with Crippen molar-refractivity contribution < 1.29 is 9.90 Å². The van der Waals surface area contributed by atoms with Crippen molar-refractivity contribution in [1.29, 1.82) is 0 Å². The Morgan fingerprint density at radius 2 is 2.00 bits per heavy atom. The van der Waals surface area contributed by atoms with E-state index in [-0.39, 0.29) is 5.75 Å². The largest absolute Gasteiger partial charge is 0.480 e. The summed E-state index contributed by atoms with van der Waals surface area (Å²) in [5.41, 5.74) is 0.165. The first kappa shape index (κ1) is 13.1. The normalized spacial score (nSPS) is 14.8. The van der Waals surface area contributed by atoms with Crippen LogP contribution in [0.1, 0.15) is 12.5 Å². The van der Waals surface area contributed by atoms with Crippen LogP contribution < -0.4 is 0 Å². The molecule has 0 spiro atoms. The Kier molecular flexibility index (Phi) is 4.38. The van der Waals surface area contributed by atoms with Gasteiger partial charge in [-0.25, -0.2) is 0 Å². The van der Waals surface area contributed by atoms with Crippen molar-refractivity contribution >= 4 is 18.6 Å². The van der Waals surface area contributed by atoms with Crippen LogP contribution in [-0.2, 0) is 11.3 Å². The number of aliphatic carboxylic acids is 1. The summed E-state index contributed by atoms with van der Waals surface area (Å²) in [5, 5.41) is 9.19. The number of thiol groups is 1. The van der Waals surface area contributed by atoms with Gasteiger partial charge in [0, 0.05) is 12.3 Å². The molecule has 0 saturated carbocycles. The van der Waals surface area contributed by atoms with Crippen molar-refractivity contribution in [2.24, 2.45) is 0 Å². The fourth-order valence-electron chi connectivity index (χ4n) is 1.38. The maximum absolute atomic E-state index is 11.2. The number of carboxylic acids is 1. The average Bonchev–Trinajstić information content (AvgIpc) is 2.28. The second-order valence-electron chi connectivity index (χ2n) is 4.08. The molecule has 0 fully saturated rings. The molecule has 0 aliphatic carbocycles. The lowest BCUT2D eigenvalue weighted by Crippen LogP contribution is -2.51. The molecule has 3 nitrogen and oxygen atoms in total. The summed E-state index contributed by atoms with van der Waals surface area (Å²) >= 11 is 4.12. The number of hydrogen-bond acceptors (Lipinski definition) is 3. The van der Waals surface area contributed by atoms with E-state index in [1.54, 1.807) is 18.9 Å². The molecular weight excluding hydrogens is 222 g/mol. The zero-order valence-electron chi connectivity index (χ0n) is 9.55. The second kappa shape index (κ2) is 5.37. The minimum absolute atomic E-state index is 0.283. The second-order valence-corrected chi connectivity index (χ2v) is 4.40. The van der Waals surface area contributed by atoms with E-state index in [4.69, 9.17) is 0 Å². The zero-order chi connectivity index (χ0) is 12.2. The molecule has 1 aromatic rings. The summed E-state index contributed by atoms with van der Waals surface area (Å²) in [6, 6.07) is 9.80. The van der Waals surface area contributed by atoms with E-state index in [0.29, 0.717) is 6.54 Å². The Bertz CT molecular complexity index is 355. The average molecular weight is 239 g/mol. The lowest BCUT2D eigenvalue weighted by Gasteiger charge is -2.33. The number of carbonyl (C=O) groups is 1. The number of rotatable bonds is 5. The lowest BCUT2D eigenvalue weighted by atomic mass is 10.0. The summed E-state index contributed by atoms with van der Waals surface area (Å²) in [6.45, 7) is 2.29. The van der Waals surface area contributed by atoms with Crippen LogP contribution in [0.2, 0.25) is 0 Å². The minimum Gasteiger partial charge on any atom is -0.480 e. The van der Waals surface area contributed by atoms with Crippen LogP contribution >= 0.6 is 12.6 Å². The summed E-state index contributed by atoms with van der Waals surface area (Å²) in [5.74, 6) is -0.563. The number of carboxylic acid groups (broad SMARTS) is 1. The molecule has 0 aromatic heterocycles. The van der Waals surface area contributed by atoms with E-state index in [1.165, 1.54) is 0 Å². The van der Waals surface area contributed by atoms with Gasteiger partial charge in [-0.15, -0.1) is 0 Å². The van der Waals surface area contributed by atoms with Crippen molar-refractivity contribution in [1.82, 2.24) is 4.90 Å². The van der Waals surface area contributed by atoms with E-state index < -0.39 is 11.5 Å². The molecule has 0 heterocycles. The molecule has 0 amide bonds. The molecule has 0 saturated heterocycles. The van der Waals surface area contributed by atoms with Crippen molar-refractivity contribution in [2.45, 2.75) is 19.0 Å². The van der Waals surface area contributed by atoms with Crippen molar-refractivity contribution in [3.8, 4) is 0 Å². The summed E-state index contributed by atoms with van der Waals surface area (Å²) in [4.78, 5) is 13.0. The first-order chi connectivity index (χ1) is 7.50. The van der Waals surface area contributed by atoms with Gasteiger partial charge in [-0.05, 0) is 19.5 Å². The number of hydrogen-bond donors (Lipinski definition) is 2. The minimum atomic E-state index is -0.932. The van der Waals surface area contributed by atoms with Crippen molar-refractivity contribution in [2.75, 3.05) is 12.8 Å². The lowest BCUT2D eigenvalue weighted by molar-refractivity contribution is -0.148. The zero-order valence-corrected chi connectivity index (χ0v) is 10.4. The van der Waals surface area contributed by atoms with Crippen LogP contribution in [-0.4, -0.2) is 34.3 Å². The molecule has 0 bridgehead atoms. The van der Waals surface area contributed by atoms with Gasteiger partial charge < -0.3 is 5.11 Å². The predicted molar refractivity (Wildman–Crippen MR) is 67.8 cm³/mol. The third kappa shape index (κ3) is 2.77. The quantitative estimate of drug-likeness (QED) is 0.771. The highest BCUT2D eigenvalue weighted by Crippen LogP contribution is 2.18. The predicted octanol–water partition coefficient (Wildman–Crippen LogP) is 1.89. The molecule has 0 unspecified atom stereocenters. The fourth-order valence-corrected chi connectivity index (χ4v) is 1.76. The van der Waals surface area contributed by atoms with Gasteiger partial charge in [0.2, 0.25) is 0 Å². The fraction of sp³-hybridized carbons (Fsp3) is 0.417. The highest BCUT2D eigenvalue weighted by molar-refractivity contribution is 7.80. The molecule has 0 radical (unpaired) electrons.